The second kappa shape index (κ2) is 7.26. The first-order valence-electron chi connectivity index (χ1n) is 6.87. The highest BCUT2D eigenvalue weighted by Gasteiger charge is 2.21. The number of anilines is 1. The fourth-order valence-electron chi connectivity index (χ4n) is 2.23. The normalized spacial score (nSPS) is 15.0. The van der Waals surface area contributed by atoms with Gasteiger partial charge in [0.25, 0.3) is 6.43 Å². The van der Waals surface area contributed by atoms with Crippen LogP contribution in [0.4, 0.5) is 14.5 Å². The van der Waals surface area contributed by atoms with Gasteiger partial charge in [0.05, 0.1) is 6.61 Å². The number of amides is 1. The zero-order valence-electron chi connectivity index (χ0n) is 11.6. The Balaban J connectivity index is 1.86. The van der Waals surface area contributed by atoms with E-state index in [1.165, 1.54) is 0 Å². The Morgan fingerprint density at radius 2 is 2.00 bits per heavy atom. The number of ketones is 1. The molecule has 1 saturated heterocycles. The number of halogens is 2. The fourth-order valence-corrected chi connectivity index (χ4v) is 2.23. The van der Waals surface area contributed by atoms with Crippen LogP contribution in [-0.2, 0) is 9.53 Å². The maximum absolute atomic E-state index is 11.9. The van der Waals surface area contributed by atoms with Gasteiger partial charge in [-0.15, -0.1) is 0 Å². The zero-order valence-corrected chi connectivity index (χ0v) is 11.6. The number of alkyl halides is 2. The maximum Gasteiger partial charge on any atom is 0.261 e. The Kier molecular flexibility index (Phi) is 5.38. The van der Waals surface area contributed by atoms with Crippen molar-refractivity contribution in [1.82, 2.24) is 0 Å². The smallest absolute Gasteiger partial charge is 0.261 e. The highest BCUT2D eigenvalue weighted by molar-refractivity contribution is 5.98. The minimum Gasteiger partial charge on any atom is -0.375 e. The molecule has 4 nitrogen and oxygen atoms in total. The number of benzene rings is 1. The molecule has 0 saturated carbocycles. The Morgan fingerprint density at radius 1 is 1.29 bits per heavy atom. The Bertz CT molecular complexity index is 502. The van der Waals surface area contributed by atoms with E-state index in [0.29, 0.717) is 18.5 Å². The van der Waals surface area contributed by atoms with Crippen molar-refractivity contribution in [3.8, 4) is 0 Å². The van der Waals surface area contributed by atoms with Gasteiger partial charge in [0.2, 0.25) is 5.91 Å². The van der Waals surface area contributed by atoms with Gasteiger partial charge in [0.1, 0.15) is 6.61 Å². The predicted octanol–water partition coefficient (Wildman–Crippen LogP) is 2.67. The minimum absolute atomic E-state index is 0.0183. The summed E-state index contributed by atoms with van der Waals surface area (Å²) in [6.45, 7) is 0.0341. The van der Waals surface area contributed by atoms with Crippen molar-refractivity contribution in [2.75, 3.05) is 24.7 Å². The molecule has 0 N–H and O–H groups in total. The van der Waals surface area contributed by atoms with Crippen molar-refractivity contribution in [2.24, 2.45) is 0 Å². The van der Waals surface area contributed by atoms with E-state index in [1.54, 1.807) is 29.2 Å². The molecule has 0 aliphatic carbocycles. The average Bonchev–Trinajstić information content (AvgIpc) is 2.89. The van der Waals surface area contributed by atoms with E-state index in [2.05, 4.69) is 4.74 Å². The molecule has 1 aliphatic heterocycles. The van der Waals surface area contributed by atoms with Gasteiger partial charge in [0.15, 0.2) is 5.78 Å². The highest BCUT2D eigenvalue weighted by atomic mass is 19.3. The summed E-state index contributed by atoms with van der Waals surface area (Å²) in [4.78, 5) is 25.1. The molecule has 0 radical (unpaired) electrons. The molecule has 0 aromatic heterocycles. The van der Waals surface area contributed by atoms with E-state index < -0.39 is 13.0 Å². The lowest BCUT2D eigenvalue weighted by atomic mass is 10.1. The summed E-state index contributed by atoms with van der Waals surface area (Å²) in [7, 11) is 0. The van der Waals surface area contributed by atoms with Crippen LogP contribution in [-0.4, -0.2) is 37.9 Å². The minimum atomic E-state index is -2.52. The fraction of sp³-hybridized carbons (Fsp3) is 0.467. The number of Topliss-reactive ketones (excluding diaryl/α,β-unsaturated/α-hetero) is 1. The lowest BCUT2D eigenvalue weighted by molar-refractivity contribution is -0.117. The first-order valence-corrected chi connectivity index (χ1v) is 6.87. The standard InChI is InChI=1S/C15H17F2NO3/c16-14(17)10-21-9-7-13(19)11-3-5-12(6-4-11)18-8-1-2-15(18)20/h3-6,14H,1-2,7-10H2. The lowest BCUT2D eigenvalue weighted by Crippen LogP contribution is -2.23. The van der Waals surface area contributed by atoms with Crippen molar-refractivity contribution < 1.29 is 23.1 Å². The van der Waals surface area contributed by atoms with Gasteiger partial charge in [0, 0.05) is 30.6 Å². The molecule has 1 heterocycles. The molecule has 0 bridgehead atoms. The van der Waals surface area contributed by atoms with Crippen molar-refractivity contribution in [1.29, 1.82) is 0 Å². The van der Waals surface area contributed by atoms with Crippen LogP contribution in [0.25, 0.3) is 0 Å². The number of hydrogen-bond donors (Lipinski definition) is 0. The van der Waals surface area contributed by atoms with E-state index >= 15 is 0 Å². The second-order valence-electron chi connectivity index (χ2n) is 4.83. The summed E-state index contributed by atoms with van der Waals surface area (Å²) in [6, 6.07) is 6.76. The number of rotatable bonds is 7. The molecule has 21 heavy (non-hydrogen) atoms. The van der Waals surface area contributed by atoms with Crippen LogP contribution in [0.1, 0.15) is 29.6 Å². The summed E-state index contributed by atoms with van der Waals surface area (Å²) in [5.41, 5.74) is 1.27. The van der Waals surface area contributed by atoms with Crippen LogP contribution in [0.15, 0.2) is 24.3 Å². The Labute approximate surface area is 121 Å². The van der Waals surface area contributed by atoms with Crippen LogP contribution >= 0.6 is 0 Å². The van der Waals surface area contributed by atoms with Crippen molar-refractivity contribution >= 4 is 17.4 Å². The van der Waals surface area contributed by atoms with Crippen LogP contribution in [0.2, 0.25) is 0 Å². The zero-order chi connectivity index (χ0) is 15.2. The molecule has 114 valence electrons. The molecule has 1 aromatic carbocycles. The summed E-state index contributed by atoms with van der Waals surface area (Å²) < 4.78 is 28.4. The Hall–Kier alpha value is -1.82. The number of carbonyl (C=O) groups excluding carboxylic acids is 2. The van der Waals surface area contributed by atoms with Crippen molar-refractivity contribution in [2.45, 2.75) is 25.7 Å². The van der Waals surface area contributed by atoms with Crippen LogP contribution in [0, 0.1) is 0 Å². The molecule has 0 unspecified atom stereocenters. The number of carbonyl (C=O) groups is 2. The van der Waals surface area contributed by atoms with Crippen molar-refractivity contribution in [3.63, 3.8) is 0 Å². The van der Waals surface area contributed by atoms with Crippen LogP contribution < -0.4 is 4.90 Å². The summed E-state index contributed by atoms with van der Waals surface area (Å²) >= 11 is 0. The molecule has 1 amide bonds. The lowest BCUT2D eigenvalue weighted by Gasteiger charge is -2.15. The van der Waals surface area contributed by atoms with Gasteiger partial charge in [-0.1, -0.05) is 0 Å². The monoisotopic (exact) mass is 297 g/mol. The molecule has 1 aromatic rings. The SMILES string of the molecule is O=C(CCOCC(F)F)c1ccc(N2CCCC2=O)cc1. The summed E-state index contributed by atoms with van der Waals surface area (Å²) in [5, 5.41) is 0. The maximum atomic E-state index is 11.9. The number of hydrogen-bond acceptors (Lipinski definition) is 3. The van der Waals surface area contributed by atoms with E-state index in [9.17, 15) is 18.4 Å². The molecule has 2 rings (SSSR count). The third-order valence-corrected chi connectivity index (χ3v) is 3.29. The molecular formula is C15H17F2NO3. The van der Waals surface area contributed by atoms with Gasteiger partial charge in [-0.3, -0.25) is 9.59 Å². The van der Waals surface area contributed by atoms with Crippen molar-refractivity contribution in [3.05, 3.63) is 29.8 Å². The van der Waals surface area contributed by atoms with E-state index in [-0.39, 0.29) is 24.7 Å². The topological polar surface area (TPSA) is 46.6 Å². The van der Waals surface area contributed by atoms with Crippen LogP contribution in [0.3, 0.4) is 0 Å². The Morgan fingerprint density at radius 3 is 2.57 bits per heavy atom. The summed E-state index contributed by atoms with van der Waals surface area (Å²) in [5.74, 6) is -0.0713. The highest BCUT2D eigenvalue weighted by Crippen LogP contribution is 2.21. The quantitative estimate of drug-likeness (QED) is 0.574. The van der Waals surface area contributed by atoms with Gasteiger partial charge < -0.3 is 9.64 Å². The summed E-state index contributed by atoms with van der Waals surface area (Å²) in [6.07, 6.45) is -1.05. The first kappa shape index (κ1) is 15.6. The van der Waals surface area contributed by atoms with Crippen LogP contribution in [0.5, 0.6) is 0 Å². The first-order chi connectivity index (χ1) is 10.1. The predicted molar refractivity (Wildman–Crippen MR) is 73.8 cm³/mol. The molecule has 0 atom stereocenters. The van der Waals surface area contributed by atoms with Gasteiger partial charge in [-0.2, -0.15) is 0 Å². The largest absolute Gasteiger partial charge is 0.375 e. The van der Waals surface area contributed by atoms with Gasteiger partial charge in [-0.25, -0.2) is 8.78 Å². The van der Waals surface area contributed by atoms with E-state index in [0.717, 1.165) is 12.1 Å². The second-order valence-corrected chi connectivity index (χ2v) is 4.83. The van der Waals surface area contributed by atoms with E-state index in [1.807, 2.05) is 0 Å². The van der Waals surface area contributed by atoms with Gasteiger partial charge >= 0.3 is 0 Å². The molecular weight excluding hydrogens is 280 g/mol. The number of ether oxygens (including phenoxy) is 1. The third-order valence-electron chi connectivity index (χ3n) is 3.29. The molecule has 1 fully saturated rings. The molecule has 6 heteroatoms. The molecule has 0 spiro atoms. The average molecular weight is 297 g/mol. The molecule has 1 aliphatic rings. The van der Waals surface area contributed by atoms with Gasteiger partial charge in [-0.05, 0) is 30.7 Å². The van der Waals surface area contributed by atoms with E-state index in [4.69, 9.17) is 0 Å². The third kappa shape index (κ3) is 4.32. The number of nitrogens with zero attached hydrogens (tertiary/aromatic N) is 1.